The Morgan fingerprint density at radius 3 is 1.04 bits per heavy atom. The van der Waals surface area contributed by atoms with Crippen LogP contribution in [0.15, 0.2) is 329 Å². The van der Waals surface area contributed by atoms with Gasteiger partial charge in [0.1, 0.15) is 13.2 Å². The molecule has 0 saturated heterocycles. The molecule has 20 rings (SSSR count). The van der Waals surface area contributed by atoms with Crippen LogP contribution in [0.4, 0.5) is 30.7 Å². The van der Waals surface area contributed by atoms with Gasteiger partial charge in [-0.15, -0.1) is 119 Å². The number of aliphatic hydroxyl groups excluding tert-OH is 1. The molecule has 13 nitrogen and oxygen atoms in total. The number of hydrogen-bond acceptors (Lipinski definition) is 19. The molecular weight excluding hydrogens is 2440 g/mol. The number of aryl methyl sites for hydroxylation is 3. The van der Waals surface area contributed by atoms with Crippen molar-refractivity contribution < 1.29 is 111 Å². The minimum Gasteiger partial charge on any atom is 0 e. The van der Waals surface area contributed by atoms with Gasteiger partial charge in [-0.25, -0.2) is 54.9 Å². The zero-order chi connectivity index (χ0) is 97.5. The molecule has 699 valence electrons. The monoisotopic (exact) mass is 2520 g/mol. The number of benzene rings is 8. The van der Waals surface area contributed by atoms with Crippen LogP contribution in [0.3, 0.4) is 0 Å². The summed E-state index contributed by atoms with van der Waals surface area (Å²) in [6, 6.07) is 91.9. The third-order valence-electron chi connectivity index (χ3n) is 18.0. The summed E-state index contributed by atoms with van der Waals surface area (Å²) in [5.41, 5.74) is 10.9. The normalized spacial score (nSPS) is 10.4. The smallest absolute Gasteiger partial charge is 0 e. The summed E-state index contributed by atoms with van der Waals surface area (Å²) in [6.07, 6.45) is 13.9. The first kappa shape index (κ1) is 109. The molecule has 8 aromatic carbocycles. The molecule has 0 atom stereocenters. The predicted octanol–water partition coefficient (Wildman–Crippen LogP) is 31.0. The maximum atomic E-state index is 13.6. The van der Waals surface area contributed by atoms with Gasteiger partial charge in [-0.05, 0) is 157 Å². The van der Waals surface area contributed by atoms with E-state index in [9.17, 15) is 40.3 Å². The van der Waals surface area contributed by atoms with Gasteiger partial charge in [0.15, 0.2) is 0 Å². The van der Waals surface area contributed by atoms with Crippen molar-refractivity contribution in [2.75, 3.05) is 13.2 Å². The third kappa shape index (κ3) is 34.0. The number of thiazole rings is 2. The Labute approximate surface area is 854 Å². The number of ether oxygens (including phenoxy) is 2. The van der Waals surface area contributed by atoms with Crippen molar-refractivity contribution in [3.8, 4) is 63.4 Å². The van der Waals surface area contributed by atoms with Crippen molar-refractivity contribution in [1.82, 2.24) is 39.9 Å². The van der Waals surface area contributed by atoms with Crippen molar-refractivity contribution in [3.63, 3.8) is 0 Å². The molecule has 0 aliphatic heterocycles. The number of nitrogens with zero attached hydrogens (tertiary/aromatic N) is 8. The summed E-state index contributed by atoms with van der Waals surface area (Å²) in [6.45, 7) is 19.6. The maximum Gasteiger partial charge on any atom is 0 e. The second-order valence-electron chi connectivity index (χ2n) is 28.2. The Kier molecular flexibility index (Phi) is 44.4. The Bertz CT molecular complexity index is 6730. The number of para-hydroxylation sites is 2. The first-order chi connectivity index (χ1) is 65.8. The van der Waals surface area contributed by atoms with E-state index in [1.807, 2.05) is 152 Å². The standard InChI is InChI=1S/C14H7F3NS.3C14H10NS.2C13H6F2NS.C10H14O5.2C7H7N.2ClH.3Ir/c15-14(16,17)10-5-6-18-11(8-10)13-7-9-3-1-2-4-12(9)19-13;3*1-10-6-7-15-12(8-10)14-9-11-4-2-3-5-13(11)16-14;2*14-8-5-6-9(10(15)7-8)13-16-11-3-1-2-4-12(11)17-13;1-7(2)10(13)15-5-4-14-9(12)6-8(3)11;2*1-2-7-3-5-8-6-4-7;;;;;/h1-6,8H;3*2-8H,1H3;2*1-5,7H;6,11H,1,4-5H2,2-3H3;2*2-6H,1H2;2*1H;;;/q6*-1;;;;;;;2*+3/p-2. The van der Waals surface area contributed by atoms with Crippen molar-refractivity contribution in [3.05, 3.63) is 422 Å². The van der Waals surface area contributed by atoms with E-state index in [-0.39, 0.29) is 55.8 Å². The number of carbonyl (C=O) groups excluding carboxylic acids is 2. The van der Waals surface area contributed by atoms with Crippen molar-refractivity contribution in [1.29, 1.82) is 0 Å². The Hall–Kier alpha value is -12.0. The molecule has 1 radical (unpaired) electrons. The average Bonchev–Trinajstić information content (AvgIpc) is 1.69. The second-order valence-corrected chi connectivity index (χ2v) is 34.5. The van der Waals surface area contributed by atoms with Crippen LogP contribution in [0.25, 0.3) is 136 Å². The molecule has 0 unspecified atom stereocenters. The van der Waals surface area contributed by atoms with E-state index < -0.39 is 46.9 Å². The van der Waals surface area contributed by atoms with Crippen LogP contribution in [0.5, 0.6) is 0 Å². The van der Waals surface area contributed by atoms with Gasteiger partial charge < -0.3 is 34.5 Å². The zero-order valence-electron chi connectivity index (χ0n) is 73.0. The molecular formula is C106H77Cl2F7Ir3N8O5S6-2. The maximum absolute atomic E-state index is 13.6. The third-order valence-corrected chi connectivity index (χ3v) is 24.5. The second kappa shape index (κ2) is 56.0. The number of aliphatic hydroxyl groups is 1. The fourth-order valence-corrected chi connectivity index (χ4v) is 17.5. The number of hydrogen-bond donors (Lipinski definition) is 1. The molecule has 0 fully saturated rings. The van der Waals surface area contributed by atoms with E-state index in [1.54, 1.807) is 70.9 Å². The van der Waals surface area contributed by atoms with Gasteiger partial charge in [0.2, 0.25) is 0 Å². The van der Waals surface area contributed by atoms with Crippen LogP contribution in [0.2, 0.25) is 0 Å². The number of fused-ring (bicyclic) bond motifs is 6. The number of rotatable bonds is 13. The van der Waals surface area contributed by atoms with Gasteiger partial charge in [0.05, 0.1) is 22.9 Å². The number of alkyl halides is 3. The van der Waals surface area contributed by atoms with Gasteiger partial charge in [0.25, 0.3) is 0 Å². The topological polar surface area (TPSA) is 176 Å². The van der Waals surface area contributed by atoms with E-state index in [4.69, 9.17) is 5.11 Å². The van der Waals surface area contributed by atoms with Crippen LogP contribution in [-0.4, -0.2) is 70.1 Å². The number of pyridine rings is 6. The molecule has 0 aliphatic carbocycles. The van der Waals surface area contributed by atoms with Gasteiger partial charge in [0, 0.05) is 146 Å². The summed E-state index contributed by atoms with van der Waals surface area (Å²) in [5.74, 6) is -3.88. The van der Waals surface area contributed by atoms with E-state index in [0.717, 1.165) is 116 Å². The van der Waals surface area contributed by atoms with E-state index in [2.05, 4.69) is 218 Å². The van der Waals surface area contributed by atoms with Crippen LogP contribution in [0, 0.1) is 80.4 Å². The molecule has 1 N–H and O–H groups in total. The van der Waals surface area contributed by atoms with Crippen LogP contribution >= 0.6 is 87.2 Å². The van der Waals surface area contributed by atoms with Crippen molar-refractivity contribution in [2.45, 2.75) is 40.8 Å². The zero-order valence-corrected chi connectivity index (χ0v) is 86.6. The molecule has 12 aromatic heterocycles. The molecule has 0 aliphatic rings. The van der Waals surface area contributed by atoms with Crippen LogP contribution < -0.4 is 0 Å². The summed E-state index contributed by atoms with van der Waals surface area (Å²) < 4.78 is 107. The minimum atomic E-state index is -4.35. The van der Waals surface area contributed by atoms with Crippen LogP contribution in [-0.2, 0) is 81.1 Å². The first-order valence-electron chi connectivity index (χ1n) is 40.4. The summed E-state index contributed by atoms with van der Waals surface area (Å²) >= 11 is 12.3. The molecule has 0 bridgehead atoms. The fourth-order valence-electron chi connectivity index (χ4n) is 11.6. The van der Waals surface area contributed by atoms with Crippen molar-refractivity contribution >= 4 is 172 Å². The number of allylic oxidation sites excluding steroid dienone is 1. The molecule has 12 heterocycles. The molecule has 0 spiro atoms. The number of thiophene rings is 4. The van der Waals surface area contributed by atoms with E-state index >= 15 is 0 Å². The van der Waals surface area contributed by atoms with Crippen LogP contribution in [0.1, 0.15) is 47.2 Å². The summed E-state index contributed by atoms with van der Waals surface area (Å²) in [7, 11) is 9.28. The number of halogens is 9. The number of aromatic nitrogens is 8. The molecule has 0 amide bonds. The van der Waals surface area contributed by atoms with E-state index in [1.165, 1.54) is 137 Å². The molecule has 137 heavy (non-hydrogen) atoms. The number of carbonyl (C=O) groups is 2. The van der Waals surface area contributed by atoms with Gasteiger partial charge in [-0.2, -0.15) is 35.8 Å². The summed E-state index contributed by atoms with van der Waals surface area (Å²) in [5, 5.41) is 14.1. The molecule has 0 saturated carbocycles. The fraction of sp³-hybridized carbons (Fsp3) is 0.0755. The molecule has 20 aromatic rings. The Balaban J connectivity index is 0.000000173. The largest absolute Gasteiger partial charge is 0 e. The first-order valence-corrected chi connectivity index (χ1v) is 51.2. The predicted molar refractivity (Wildman–Crippen MR) is 536 cm³/mol. The number of esters is 2. The minimum absolute atomic E-state index is 0. The Morgan fingerprint density at radius 2 is 0.745 bits per heavy atom. The summed E-state index contributed by atoms with van der Waals surface area (Å²) in [4.78, 5) is 59.1. The van der Waals surface area contributed by atoms with E-state index in [0.29, 0.717) is 20.6 Å². The van der Waals surface area contributed by atoms with Gasteiger partial charge >= 0.3 is 73.1 Å². The molecule has 31 heteroatoms. The average molecular weight is 2520 g/mol. The van der Waals surface area contributed by atoms with Gasteiger partial charge in [-0.1, -0.05) is 169 Å². The quantitative estimate of drug-likeness (QED) is 0.0288. The van der Waals surface area contributed by atoms with Crippen molar-refractivity contribution in [2.24, 2.45) is 0 Å². The Morgan fingerprint density at radius 1 is 0.431 bits per heavy atom. The van der Waals surface area contributed by atoms with Gasteiger partial charge in [-0.3, -0.25) is 37.5 Å². The SMILES string of the molecule is C=C(C)C(=O)OCCOC(=O)C=C(C)O.C=Cc1ccncc1.C=Cc1ccncc1.Cc1ccnc(-c2[c-]c3ccccc3s2)c1.Cc1ccnc(-c2[c-]c3ccccc3s2)c1.Cc1ccnc(-c2[c-]c3ccccc3s2)c1.FC(F)(F)c1ccnc(-c2[c-]c3ccccc3s2)c1.Fc1c[c-]c(-c2nc3ccccc3s2)c(F)c1.Fc1c[c-]c(-c2nc3ccccc3s2)c(F)c1.[Cl][Ir+2].[Cl][Ir+2].[Ir].